The summed E-state index contributed by atoms with van der Waals surface area (Å²) in [5, 5.41) is 4.92. The van der Waals surface area contributed by atoms with Crippen LogP contribution in [-0.2, 0) is 22.4 Å². The number of aromatic nitrogens is 2. The lowest BCUT2D eigenvalue weighted by Gasteiger charge is -2.22. The second-order valence-corrected chi connectivity index (χ2v) is 13.0. The number of hydrogen-bond acceptors (Lipinski definition) is 6. The predicted molar refractivity (Wildman–Crippen MR) is 167 cm³/mol. The minimum Gasteiger partial charge on any atom is -0.459 e. The number of primary amides is 1. The average molecular weight is 595 g/mol. The van der Waals surface area contributed by atoms with Gasteiger partial charge in [0, 0.05) is 5.02 Å². The number of rotatable bonds is 12. The Kier molecular flexibility index (Phi) is 9.89. The fraction of sp³-hybridized carbons (Fsp3) is 0.406. The number of carbonyl (C=O) groups is 2. The van der Waals surface area contributed by atoms with Crippen LogP contribution in [0.15, 0.2) is 54.9 Å². The third-order valence-electron chi connectivity index (χ3n) is 7.00. The van der Waals surface area contributed by atoms with Gasteiger partial charge in [-0.2, -0.15) is 0 Å². The van der Waals surface area contributed by atoms with Crippen molar-refractivity contribution in [3.8, 4) is 5.00 Å². The van der Waals surface area contributed by atoms with E-state index in [0.717, 1.165) is 51.4 Å². The zero-order chi connectivity index (χ0) is 29.7. The van der Waals surface area contributed by atoms with Gasteiger partial charge in [0.1, 0.15) is 23.0 Å². The summed E-state index contributed by atoms with van der Waals surface area (Å²) in [5.74, 6) is -0.419. The Balaban J connectivity index is 1.44. The van der Waals surface area contributed by atoms with E-state index in [4.69, 9.17) is 22.1 Å². The number of nitrogens with zero attached hydrogens (tertiary/aromatic N) is 2. The topological polar surface area (TPSA) is 99.2 Å². The third kappa shape index (κ3) is 7.97. The van der Waals surface area contributed by atoms with E-state index in [9.17, 15) is 9.59 Å². The summed E-state index contributed by atoms with van der Waals surface area (Å²) in [6.45, 7) is 10.3. The van der Waals surface area contributed by atoms with Gasteiger partial charge in [0.15, 0.2) is 0 Å². The van der Waals surface area contributed by atoms with Crippen molar-refractivity contribution in [2.75, 3.05) is 6.54 Å². The highest BCUT2D eigenvalue weighted by Gasteiger charge is 2.21. The molecule has 0 saturated carbocycles. The van der Waals surface area contributed by atoms with Crippen LogP contribution >= 0.6 is 22.9 Å². The standard InChI is InChI=1S/C32H39ClN4O3S/c1-20(24-10-6-7-11-25(24)33)12-14-23-18-28(41-29(23)30(34)38)37-19-36-26-15-13-22(17-27(26)37)9-8-16-35-21(2)31(39)40-32(3,4)5/h6-7,10-11,13,15,17-21,35H,8-9,12,14,16H2,1-5H3,(H2,34,38)/t20?,21-/m0/s1. The van der Waals surface area contributed by atoms with Crippen molar-refractivity contribution in [2.45, 2.75) is 77.9 Å². The second-order valence-electron chi connectivity index (χ2n) is 11.5. The third-order valence-corrected chi connectivity index (χ3v) is 8.54. The van der Waals surface area contributed by atoms with Gasteiger partial charge in [-0.3, -0.25) is 14.2 Å². The number of hydrogen-bond donors (Lipinski definition) is 2. The highest BCUT2D eigenvalue weighted by molar-refractivity contribution is 7.16. The number of ether oxygens (including phenoxy) is 1. The Bertz CT molecular complexity index is 1520. The molecule has 0 aliphatic heterocycles. The van der Waals surface area contributed by atoms with Gasteiger partial charge in [0.05, 0.1) is 15.9 Å². The second kappa shape index (κ2) is 13.2. The largest absolute Gasteiger partial charge is 0.459 e. The SMILES string of the molecule is CC(CCc1cc(-n2cnc3ccc(CCCN[C@@H](C)C(=O)OC(C)(C)C)cc32)sc1C(N)=O)c1ccccc1Cl. The lowest BCUT2D eigenvalue weighted by atomic mass is 9.94. The predicted octanol–water partition coefficient (Wildman–Crippen LogP) is 6.83. The molecule has 2 aromatic heterocycles. The molecule has 9 heteroatoms. The number of amides is 1. The van der Waals surface area contributed by atoms with Gasteiger partial charge in [0.2, 0.25) is 0 Å². The first kappa shape index (κ1) is 30.8. The molecule has 0 aliphatic rings. The molecule has 0 aliphatic carbocycles. The monoisotopic (exact) mass is 594 g/mol. The van der Waals surface area contributed by atoms with Crippen molar-refractivity contribution < 1.29 is 14.3 Å². The summed E-state index contributed by atoms with van der Waals surface area (Å²) >= 11 is 7.80. The Morgan fingerprint density at radius 2 is 1.88 bits per heavy atom. The minimum atomic E-state index is -0.498. The average Bonchev–Trinajstić information content (AvgIpc) is 3.53. The number of fused-ring (bicyclic) bond motifs is 1. The van der Waals surface area contributed by atoms with E-state index >= 15 is 0 Å². The van der Waals surface area contributed by atoms with E-state index in [1.165, 1.54) is 16.9 Å². The molecule has 2 aromatic carbocycles. The molecule has 218 valence electrons. The number of carbonyl (C=O) groups excluding carboxylic acids is 2. The van der Waals surface area contributed by atoms with Crippen LogP contribution in [0.4, 0.5) is 0 Å². The fourth-order valence-electron chi connectivity index (χ4n) is 4.80. The van der Waals surface area contributed by atoms with Crippen LogP contribution in [0, 0.1) is 0 Å². The zero-order valence-electron chi connectivity index (χ0n) is 24.4. The first-order valence-electron chi connectivity index (χ1n) is 14.0. The number of nitrogens with one attached hydrogen (secondary N) is 1. The summed E-state index contributed by atoms with van der Waals surface area (Å²) in [6.07, 6.45) is 5.07. The van der Waals surface area contributed by atoms with Crippen molar-refractivity contribution in [1.82, 2.24) is 14.9 Å². The van der Waals surface area contributed by atoms with Crippen LogP contribution < -0.4 is 11.1 Å². The van der Waals surface area contributed by atoms with Crippen molar-refractivity contribution in [3.63, 3.8) is 0 Å². The lowest BCUT2D eigenvalue weighted by molar-refractivity contribution is -0.156. The molecule has 0 fully saturated rings. The summed E-state index contributed by atoms with van der Waals surface area (Å²) in [4.78, 5) is 29.7. The first-order valence-corrected chi connectivity index (χ1v) is 15.2. The highest BCUT2D eigenvalue weighted by Crippen LogP contribution is 2.33. The number of imidazole rings is 1. The van der Waals surface area contributed by atoms with Gasteiger partial charge in [-0.05, 0) is 107 Å². The minimum absolute atomic E-state index is 0.242. The van der Waals surface area contributed by atoms with Crippen LogP contribution in [0.5, 0.6) is 0 Å². The van der Waals surface area contributed by atoms with Gasteiger partial charge >= 0.3 is 5.97 Å². The fourth-order valence-corrected chi connectivity index (χ4v) is 6.17. The molecular formula is C32H39ClN4O3S. The quantitative estimate of drug-likeness (QED) is 0.138. The van der Waals surface area contributed by atoms with Gasteiger partial charge < -0.3 is 15.8 Å². The van der Waals surface area contributed by atoms with Crippen LogP contribution in [0.25, 0.3) is 16.0 Å². The zero-order valence-corrected chi connectivity index (χ0v) is 25.9. The number of aryl methyl sites for hydroxylation is 2. The maximum atomic E-state index is 12.3. The lowest BCUT2D eigenvalue weighted by Crippen LogP contribution is -2.39. The van der Waals surface area contributed by atoms with Crippen molar-refractivity contribution in [1.29, 1.82) is 0 Å². The molecule has 0 bridgehead atoms. The number of halogens is 1. The Hall–Kier alpha value is -3.20. The Morgan fingerprint density at radius 1 is 1.12 bits per heavy atom. The number of esters is 1. The normalized spacial score (nSPS) is 13.3. The van der Waals surface area contributed by atoms with Crippen LogP contribution in [-0.4, -0.2) is 39.6 Å². The van der Waals surface area contributed by atoms with Gasteiger partial charge in [0.25, 0.3) is 5.91 Å². The summed E-state index contributed by atoms with van der Waals surface area (Å²) in [6, 6.07) is 15.8. The molecule has 41 heavy (non-hydrogen) atoms. The number of nitrogens with two attached hydrogens (primary N) is 1. The number of benzene rings is 2. The molecule has 4 aromatic rings. The van der Waals surface area contributed by atoms with Crippen molar-refractivity contribution in [2.24, 2.45) is 5.73 Å². The molecule has 4 rings (SSSR count). The molecule has 1 unspecified atom stereocenters. The Morgan fingerprint density at radius 3 is 2.59 bits per heavy atom. The molecule has 0 saturated heterocycles. The Labute approximate surface area is 251 Å². The molecule has 0 radical (unpaired) electrons. The summed E-state index contributed by atoms with van der Waals surface area (Å²) < 4.78 is 7.47. The van der Waals surface area contributed by atoms with Crippen molar-refractivity contribution in [3.05, 3.63) is 81.4 Å². The number of thiophene rings is 1. The molecule has 3 N–H and O–H groups in total. The smallest absolute Gasteiger partial charge is 0.323 e. The van der Waals surface area contributed by atoms with E-state index in [1.54, 1.807) is 6.33 Å². The van der Waals surface area contributed by atoms with E-state index in [0.29, 0.717) is 17.8 Å². The van der Waals surface area contributed by atoms with Gasteiger partial charge in [-0.1, -0.05) is 42.8 Å². The molecule has 0 spiro atoms. The van der Waals surface area contributed by atoms with Crippen LogP contribution in [0.2, 0.25) is 5.02 Å². The molecule has 2 atom stereocenters. The highest BCUT2D eigenvalue weighted by atomic mass is 35.5. The van der Waals surface area contributed by atoms with Crippen LogP contribution in [0.1, 0.15) is 79.7 Å². The summed E-state index contributed by atoms with van der Waals surface area (Å²) in [7, 11) is 0. The first-order chi connectivity index (χ1) is 19.4. The van der Waals surface area contributed by atoms with E-state index < -0.39 is 11.5 Å². The molecule has 2 heterocycles. The maximum absolute atomic E-state index is 12.3. The van der Waals surface area contributed by atoms with E-state index in [1.807, 2.05) is 62.6 Å². The van der Waals surface area contributed by atoms with Crippen molar-refractivity contribution >= 4 is 45.8 Å². The maximum Gasteiger partial charge on any atom is 0.323 e. The summed E-state index contributed by atoms with van der Waals surface area (Å²) in [5.41, 5.74) is 10.4. The van der Waals surface area contributed by atoms with Gasteiger partial charge in [-0.15, -0.1) is 11.3 Å². The molecular weight excluding hydrogens is 556 g/mol. The molecule has 1 amide bonds. The van der Waals surface area contributed by atoms with Crippen LogP contribution in [0.3, 0.4) is 0 Å². The molecule has 7 nitrogen and oxygen atoms in total. The van der Waals surface area contributed by atoms with E-state index in [2.05, 4.69) is 35.4 Å². The van der Waals surface area contributed by atoms with E-state index in [-0.39, 0.29) is 17.9 Å². The van der Waals surface area contributed by atoms with Gasteiger partial charge in [-0.25, -0.2) is 4.98 Å².